The van der Waals surface area contributed by atoms with Gasteiger partial charge in [0.2, 0.25) is 0 Å². The molecule has 0 spiro atoms. The van der Waals surface area contributed by atoms with Gasteiger partial charge in [-0.25, -0.2) is 9.59 Å². The van der Waals surface area contributed by atoms with Crippen LogP contribution in [0.4, 0.5) is 0 Å². The molecule has 7 heteroatoms. The minimum Gasteiger partial charge on any atom is -0.490 e. The summed E-state index contributed by atoms with van der Waals surface area (Å²) in [5, 5.41) is 0.0532. The van der Waals surface area contributed by atoms with Crippen molar-refractivity contribution in [2.24, 2.45) is 5.92 Å². The molecule has 0 saturated carbocycles. The van der Waals surface area contributed by atoms with Crippen LogP contribution < -0.4 is 0 Å². The molecule has 0 fully saturated rings. The summed E-state index contributed by atoms with van der Waals surface area (Å²) in [6.45, 7) is 17.3. The molecule has 0 unspecified atom stereocenters. The van der Waals surface area contributed by atoms with Crippen LogP contribution >= 0.6 is 0 Å². The van der Waals surface area contributed by atoms with Crippen molar-refractivity contribution in [1.29, 1.82) is 0 Å². The second-order valence-electron chi connectivity index (χ2n) is 9.16. The number of methoxy groups -OCH3 is 2. The van der Waals surface area contributed by atoms with Crippen molar-refractivity contribution in [2.75, 3.05) is 20.8 Å². The standard InChI is InChI=1S/C25H42O6Si/c1-11-30-23(26)15-13-12-14-19(2)18-20(3)21(31-32(9,10)25(4,5)6)16-17-22(28-7)24(27)29-8/h12-15,17-18,20-21H,11,16H2,1-10H3/b14-12+,15-13?,19-18+,22-17?/t20-,21-/m0/s1. The van der Waals surface area contributed by atoms with Gasteiger partial charge >= 0.3 is 11.9 Å². The van der Waals surface area contributed by atoms with Crippen molar-refractivity contribution >= 4 is 20.3 Å². The van der Waals surface area contributed by atoms with Crippen LogP contribution in [0.2, 0.25) is 18.1 Å². The van der Waals surface area contributed by atoms with Crippen LogP contribution in [-0.4, -0.2) is 47.2 Å². The zero-order chi connectivity index (χ0) is 24.9. The quantitative estimate of drug-likeness (QED) is 0.120. The van der Waals surface area contributed by atoms with Gasteiger partial charge in [-0.15, -0.1) is 0 Å². The first kappa shape index (κ1) is 29.9. The molecule has 2 atom stereocenters. The van der Waals surface area contributed by atoms with E-state index in [0.29, 0.717) is 13.0 Å². The van der Waals surface area contributed by atoms with E-state index in [9.17, 15) is 9.59 Å². The molecule has 0 aromatic heterocycles. The lowest BCUT2D eigenvalue weighted by molar-refractivity contribution is -0.139. The van der Waals surface area contributed by atoms with Crippen LogP contribution in [0.25, 0.3) is 0 Å². The van der Waals surface area contributed by atoms with Gasteiger partial charge < -0.3 is 18.6 Å². The van der Waals surface area contributed by atoms with Crippen LogP contribution in [0.5, 0.6) is 0 Å². The Hall–Kier alpha value is -2.12. The van der Waals surface area contributed by atoms with Crippen molar-refractivity contribution in [3.8, 4) is 0 Å². The third-order valence-electron chi connectivity index (χ3n) is 5.50. The molecule has 0 N–H and O–H groups in total. The number of hydrogen-bond acceptors (Lipinski definition) is 6. The predicted octanol–water partition coefficient (Wildman–Crippen LogP) is 5.73. The smallest absolute Gasteiger partial charge is 0.372 e. The molecular formula is C25H42O6Si. The van der Waals surface area contributed by atoms with E-state index >= 15 is 0 Å². The van der Waals surface area contributed by atoms with Gasteiger partial charge in [-0.1, -0.05) is 57.6 Å². The number of rotatable bonds is 12. The summed E-state index contributed by atoms with van der Waals surface area (Å²) in [5.74, 6) is -0.612. The minimum atomic E-state index is -2.05. The molecule has 6 nitrogen and oxygen atoms in total. The Labute approximate surface area is 195 Å². The van der Waals surface area contributed by atoms with Crippen LogP contribution in [0.3, 0.4) is 0 Å². The lowest BCUT2D eigenvalue weighted by Gasteiger charge is -2.40. The SMILES string of the molecule is CCOC(=O)C=C/C=C/C(C)=C/[C@H](C)[C@H](CC=C(OC)C(=O)OC)O[Si](C)(C)C(C)(C)C. The van der Waals surface area contributed by atoms with Gasteiger partial charge in [-0.2, -0.15) is 0 Å². The molecule has 0 heterocycles. The lowest BCUT2D eigenvalue weighted by atomic mass is 9.98. The monoisotopic (exact) mass is 466 g/mol. The summed E-state index contributed by atoms with van der Waals surface area (Å²) in [5.41, 5.74) is 1.04. The fourth-order valence-electron chi connectivity index (χ4n) is 2.61. The van der Waals surface area contributed by atoms with E-state index in [-0.39, 0.29) is 28.8 Å². The maximum atomic E-state index is 11.9. The Morgan fingerprint density at radius 3 is 2.12 bits per heavy atom. The largest absolute Gasteiger partial charge is 0.490 e. The Bertz CT molecular complexity index is 725. The molecular weight excluding hydrogens is 424 g/mol. The lowest BCUT2D eigenvalue weighted by Crippen LogP contribution is -2.45. The normalized spacial score (nSPS) is 15.7. The number of ether oxygens (including phenoxy) is 3. The molecule has 0 aromatic carbocycles. The van der Waals surface area contributed by atoms with E-state index in [1.807, 2.05) is 13.0 Å². The maximum absolute atomic E-state index is 11.9. The zero-order valence-electron chi connectivity index (χ0n) is 21.5. The summed E-state index contributed by atoms with van der Waals surface area (Å²) in [6.07, 6.45) is 11.0. The van der Waals surface area contributed by atoms with Gasteiger partial charge in [0.05, 0.1) is 26.9 Å². The van der Waals surface area contributed by atoms with Crippen molar-refractivity contribution in [3.05, 3.63) is 47.8 Å². The molecule has 32 heavy (non-hydrogen) atoms. The summed E-state index contributed by atoms with van der Waals surface area (Å²) in [4.78, 5) is 23.2. The fourth-order valence-corrected chi connectivity index (χ4v) is 4.03. The predicted molar refractivity (Wildman–Crippen MR) is 132 cm³/mol. The zero-order valence-corrected chi connectivity index (χ0v) is 22.5. The van der Waals surface area contributed by atoms with Crippen molar-refractivity contribution < 1.29 is 28.2 Å². The Morgan fingerprint density at radius 1 is 1.03 bits per heavy atom. The van der Waals surface area contributed by atoms with E-state index in [1.165, 1.54) is 20.3 Å². The molecule has 0 aliphatic heterocycles. The van der Waals surface area contributed by atoms with E-state index in [1.54, 1.807) is 25.2 Å². The van der Waals surface area contributed by atoms with Crippen molar-refractivity contribution in [2.45, 2.75) is 72.2 Å². The molecule has 0 aromatic rings. The van der Waals surface area contributed by atoms with Gasteiger partial charge in [-0.3, -0.25) is 0 Å². The molecule has 0 bridgehead atoms. The molecule has 0 aliphatic carbocycles. The van der Waals surface area contributed by atoms with Crippen LogP contribution in [0.1, 0.15) is 48.0 Å². The number of esters is 2. The van der Waals surface area contributed by atoms with Crippen LogP contribution in [-0.2, 0) is 28.2 Å². The summed E-state index contributed by atoms with van der Waals surface area (Å²) < 4.78 is 21.5. The second-order valence-corrected chi connectivity index (χ2v) is 13.9. The van der Waals surface area contributed by atoms with Gasteiger partial charge in [0.15, 0.2) is 14.1 Å². The van der Waals surface area contributed by atoms with Gasteiger partial charge in [0.25, 0.3) is 0 Å². The maximum Gasteiger partial charge on any atom is 0.372 e. The fraction of sp³-hybridized carbons (Fsp3) is 0.600. The second kappa shape index (κ2) is 14.1. The highest BCUT2D eigenvalue weighted by atomic mass is 28.4. The third kappa shape index (κ3) is 11.0. The van der Waals surface area contributed by atoms with Crippen molar-refractivity contribution in [3.63, 3.8) is 0 Å². The van der Waals surface area contributed by atoms with Gasteiger partial charge in [0, 0.05) is 6.08 Å². The summed E-state index contributed by atoms with van der Waals surface area (Å²) in [6, 6.07) is 0. The molecule has 0 amide bonds. The number of allylic oxidation sites excluding steroid dienone is 4. The van der Waals surface area contributed by atoms with Crippen LogP contribution in [0.15, 0.2) is 47.8 Å². The van der Waals surface area contributed by atoms with Gasteiger partial charge in [-0.05, 0) is 50.4 Å². The molecule has 182 valence electrons. The molecule has 0 radical (unpaired) electrons. The average molecular weight is 467 g/mol. The first-order valence-corrected chi connectivity index (χ1v) is 13.9. The highest BCUT2D eigenvalue weighted by Gasteiger charge is 2.39. The van der Waals surface area contributed by atoms with E-state index in [0.717, 1.165) is 5.57 Å². The summed E-state index contributed by atoms with van der Waals surface area (Å²) in [7, 11) is 0.735. The highest BCUT2D eigenvalue weighted by molar-refractivity contribution is 6.74. The average Bonchev–Trinajstić information content (AvgIpc) is 2.69. The first-order chi connectivity index (χ1) is 14.8. The first-order valence-electron chi connectivity index (χ1n) is 11.0. The summed E-state index contributed by atoms with van der Waals surface area (Å²) >= 11 is 0. The molecule has 0 rings (SSSR count). The van der Waals surface area contributed by atoms with Crippen molar-refractivity contribution in [1.82, 2.24) is 0 Å². The molecule has 0 saturated heterocycles. The number of carbonyl (C=O) groups is 2. The Kier molecular flexibility index (Phi) is 13.2. The number of hydrogen-bond donors (Lipinski definition) is 0. The van der Waals surface area contributed by atoms with E-state index in [2.05, 4.69) is 46.9 Å². The Balaban J connectivity index is 5.63. The minimum absolute atomic E-state index is 0.0532. The number of carbonyl (C=O) groups excluding carboxylic acids is 2. The molecule has 0 aliphatic rings. The van der Waals surface area contributed by atoms with Crippen LogP contribution in [0, 0.1) is 5.92 Å². The van der Waals surface area contributed by atoms with Gasteiger partial charge in [0.1, 0.15) is 0 Å². The third-order valence-corrected chi connectivity index (χ3v) is 10.00. The highest BCUT2D eigenvalue weighted by Crippen LogP contribution is 2.38. The topological polar surface area (TPSA) is 71.1 Å². The van der Waals surface area contributed by atoms with E-state index in [4.69, 9.17) is 18.6 Å². The Morgan fingerprint density at radius 2 is 1.62 bits per heavy atom. The van der Waals surface area contributed by atoms with E-state index < -0.39 is 14.3 Å².